The van der Waals surface area contributed by atoms with Crippen molar-refractivity contribution in [3.05, 3.63) is 28.7 Å². The summed E-state index contributed by atoms with van der Waals surface area (Å²) in [5.74, 6) is 0.437. The number of pyridine rings is 1. The van der Waals surface area contributed by atoms with E-state index in [1.807, 2.05) is 0 Å². The highest BCUT2D eigenvalue weighted by atomic mass is 16.1. The highest BCUT2D eigenvalue weighted by Gasteiger charge is 1.99. The third kappa shape index (κ3) is 2.88. The maximum absolute atomic E-state index is 11.1. The van der Waals surface area contributed by atoms with Crippen molar-refractivity contribution >= 4 is 5.69 Å². The molecule has 0 aliphatic rings. The molecule has 78 valence electrons. The second kappa shape index (κ2) is 4.81. The summed E-state index contributed by atoms with van der Waals surface area (Å²) in [6, 6.07) is 3.33. The summed E-state index contributed by atoms with van der Waals surface area (Å²) in [4.78, 5) is 11.1. The second-order valence-corrected chi connectivity index (χ2v) is 3.59. The van der Waals surface area contributed by atoms with Gasteiger partial charge in [-0.2, -0.15) is 0 Å². The fourth-order valence-corrected chi connectivity index (χ4v) is 1.07. The van der Waals surface area contributed by atoms with E-state index < -0.39 is 0 Å². The van der Waals surface area contributed by atoms with Crippen LogP contribution in [0.15, 0.2) is 23.1 Å². The second-order valence-electron chi connectivity index (χ2n) is 3.59. The van der Waals surface area contributed by atoms with Crippen LogP contribution in [0, 0.1) is 5.92 Å². The first-order valence-corrected chi connectivity index (χ1v) is 4.74. The molecule has 4 heteroatoms. The summed E-state index contributed by atoms with van der Waals surface area (Å²) in [6.07, 6.45) is 1.78. The van der Waals surface area contributed by atoms with Crippen LogP contribution in [0.2, 0.25) is 0 Å². The topological polar surface area (TPSA) is 60.0 Å². The van der Waals surface area contributed by atoms with Gasteiger partial charge in [0.2, 0.25) is 5.56 Å². The zero-order valence-corrected chi connectivity index (χ0v) is 8.66. The van der Waals surface area contributed by atoms with Gasteiger partial charge in [-0.05, 0) is 18.5 Å². The molecule has 0 radical (unpaired) electrons. The van der Waals surface area contributed by atoms with E-state index in [2.05, 4.69) is 12.2 Å². The Balaban J connectivity index is 2.60. The minimum absolute atomic E-state index is 0.00224. The molecule has 0 aromatic carbocycles. The number of nitrogens with two attached hydrogens (primary N) is 1. The van der Waals surface area contributed by atoms with E-state index in [1.165, 1.54) is 0 Å². The quantitative estimate of drug-likeness (QED) is 0.730. The molecular weight excluding hydrogens is 178 g/mol. The van der Waals surface area contributed by atoms with Gasteiger partial charge in [0.15, 0.2) is 0 Å². The fraction of sp³-hybridized carbons (Fsp3) is 0.500. The molecule has 3 N–H and O–H groups in total. The molecule has 4 nitrogen and oxygen atoms in total. The average Bonchev–Trinajstić information content (AvgIpc) is 2.19. The molecule has 0 spiro atoms. The lowest BCUT2D eigenvalue weighted by molar-refractivity contribution is 0.627. The Morgan fingerprint density at radius 1 is 1.57 bits per heavy atom. The summed E-state index contributed by atoms with van der Waals surface area (Å²) in [7, 11) is 1.74. The fourth-order valence-electron chi connectivity index (χ4n) is 1.07. The number of anilines is 1. The third-order valence-corrected chi connectivity index (χ3v) is 2.14. The number of nitrogens with one attached hydrogen (secondary N) is 1. The number of hydrogen-bond acceptors (Lipinski definition) is 3. The standard InChI is InChI=1S/C10H17N3O/c1-8(5-11)6-12-9-3-4-10(14)13(2)7-9/h3-4,7-8,12H,5-6,11H2,1-2H3. The van der Waals surface area contributed by atoms with Crippen molar-refractivity contribution in [3.63, 3.8) is 0 Å². The van der Waals surface area contributed by atoms with Crippen LogP contribution >= 0.6 is 0 Å². The van der Waals surface area contributed by atoms with Gasteiger partial charge in [0.25, 0.3) is 0 Å². The van der Waals surface area contributed by atoms with E-state index in [1.54, 1.807) is 29.9 Å². The molecule has 0 aliphatic heterocycles. The first-order chi connectivity index (χ1) is 6.63. The van der Waals surface area contributed by atoms with Gasteiger partial charge in [-0.25, -0.2) is 0 Å². The van der Waals surface area contributed by atoms with Crippen LogP contribution in [0.1, 0.15) is 6.92 Å². The molecule has 1 unspecified atom stereocenters. The molecule has 0 saturated carbocycles. The SMILES string of the molecule is CC(CN)CNc1ccc(=O)n(C)c1. The lowest BCUT2D eigenvalue weighted by atomic mass is 10.2. The zero-order valence-electron chi connectivity index (χ0n) is 8.66. The molecular formula is C10H17N3O. The van der Waals surface area contributed by atoms with Crippen molar-refractivity contribution in [2.45, 2.75) is 6.92 Å². The van der Waals surface area contributed by atoms with Gasteiger partial charge in [0, 0.05) is 25.9 Å². The minimum atomic E-state index is 0.00224. The monoisotopic (exact) mass is 195 g/mol. The summed E-state index contributed by atoms with van der Waals surface area (Å²) < 4.78 is 1.55. The molecule has 0 fully saturated rings. The van der Waals surface area contributed by atoms with E-state index in [0.29, 0.717) is 12.5 Å². The Hall–Kier alpha value is -1.29. The Kier molecular flexibility index (Phi) is 3.71. The molecule has 0 saturated heterocycles. The van der Waals surface area contributed by atoms with Gasteiger partial charge in [0.1, 0.15) is 0 Å². The molecule has 1 rings (SSSR count). The number of hydrogen-bond donors (Lipinski definition) is 2. The summed E-state index contributed by atoms with van der Waals surface area (Å²) in [6.45, 7) is 3.57. The van der Waals surface area contributed by atoms with Crippen LogP contribution < -0.4 is 16.6 Å². The molecule has 0 bridgehead atoms. The van der Waals surface area contributed by atoms with Gasteiger partial charge in [-0.1, -0.05) is 6.92 Å². The van der Waals surface area contributed by atoms with Crippen LogP contribution in [0.3, 0.4) is 0 Å². The van der Waals surface area contributed by atoms with E-state index in [0.717, 1.165) is 12.2 Å². The summed E-state index contributed by atoms with van der Waals surface area (Å²) >= 11 is 0. The molecule has 1 heterocycles. The Labute approximate surface area is 83.7 Å². The zero-order chi connectivity index (χ0) is 10.6. The third-order valence-electron chi connectivity index (χ3n) is 2.14. The van der Waals surface area contributed by atoms with Gasteiger partial charge >= 0.3 is 0 Å². The Morgan fingerprint density at radius 3 is 2.86 bits per heavy atom. The number of rotatable bonds is 4. The minimum Gasteiger partial charge on any atom is -0.384 e. The first-order valence-electron chi connectivity index (χ1n) is 4.74. The van der Waals surface area contributed by atoms with Crippen LogP contribution in [-0.2, 0) is 7.05 Å². The number of nitrogens with zero attached hydrogens (tertiary/aromatic N) is 1. The van der Waals surface area contributed by atoms with Crippen molar-refractivity contribution in [2.24, 2.45) is 18.7 Å². The van der Waals surface area contributed by atoms with E-state index >= 15 is 0 Å². The van der Waals surface area contributed by atoms with Crippen molar-refractivity contribution in [3.8, 4) is 0 Å². The normalized spacial score (nSPS) is 12.5. The maximum atomic E-state index is 11.1. The maximum Gasteiger partial charge on any atom is 0.250 e. The highest BCUT2D eigenvalue weighted by molar-refractivity contribution is 5.40. The lowest BCUT2D eigenvalue weighted by Gasteiger charge is -2.11. The number of aromatic nitrogens is 1. The smallest absolute Gasteiger partial charge is 0.250 e. The highest BCUT2D eigenvalue weighted by Crippen LogP contribution is 2.03. The van der Waals surface area contributed by atoms with Crippen molar-refractivity contribution < 1.29 is 0 Å². The molecule has 0 amide bonds. The Bertz CT molecular complexity index is 345. The van der Waals surface area contributed by atoms with Gasteiger partial charge in [-0.15, -0.1) is 0 Å². The van der Waals surface area contributed by atoms with Crippen LogP contribution in [0.5, 0.6) is 0 Å². The summed E-state index contributed by atoms with van der Waals surface area (Å²) in [5.41, 5.74) is 6.45. The van der Waals surface area contributed by atoms with E-state index in [4.69, 9.17) is 5.73 Å². The molecule has 1 atom stereocenters. The van der Waals surface area contributed by atoms with Gasteiger partial charge in [0.05, 0.1) is 5.69 Å². The largest absolute Gasteiger partial charge is 0.384 e. The van der Waals surface area contributed by atoms with Crippen LogP contribution in [0.25, 0.3) is 0 Å². The van der Waals surface area contributed by atoms with Crippen molar-refractivity contribution in [1.29, 1.82) is 0 Å². The van der Waals surface area contributed by atoms with Crippen LogP contribution in [-0.4, -0.2) is 17.7 Å². The molecule has 1 aromatic heterocycles. The van der Waals surface area contributed by atoms with Gasteiger partial charge in [-0.3, -0.25) is 4.79 Å². The molecule has 0 aliphatic carbocycles. The predicted molar refractivity (Wildman–Crippen MR) is 58.4 cm³/mol. The molecule has 14 heavy (non-hydrogen) atoms. The van der Waals surface area contributed by atoms with E-state index in [-0.39, 0.29) is 5.56 Å². The predicted octanol–water partition coefficient (Wildman–Crippen LogP) is 0.392. The summed E-state index contributed by atoms with van der Waals surface area (Å²) in [5, 5.41) is 3.22. The number of aryl methyl sites for hydroxylation is 1. The van der Waals surface area contributed by atoms with E-state index in [9.17, 15) is 4.79 Å². The van der Waals surface area contributed by atoms with Crippen molar-refractivity contribution in [2.75, 3.05) is 18.4 Å². The first kappa shape index (κ1) is 10.8. The van der Waals surface area contributed by atoms with Gasteiger partial charge < -0.3 is 15.6 Å². The average molecular weight is 195 g/mol. The van der Waals surface area contributed by atoms with Crippen molar-refractivity contribution in [1.82, 2.24) is 4.57 Å². The Morgan fingerprint density at radius 2 is 2.29 bits per heavy atom. The lowest BCUT2D eigenvalue weighted by Crippen LogP contribution is -2.21. The molecule has 1 aromatic rings. The van der Waals surface area contributed by atoms with Crippen LogP contribution in [0.4, 0.5) is 5.69 Å².